The summed E-state index contributed by atoms with van der Waals surface area (Å²) in [7, 11) is 0. The van der Waals surface area contributed by atoms with Crippen molar-refractivity contribution >= 4 is 0 Å². The van der Waals surface area contributed by atoms with Crippen molar-refractivity contribution in [3.05, 3.63) is 64.5 Å². The normalized spacial score (nSPS) is 20.5. The minimum Gasteiger partial charge on any atom is -0.491 e. The standard InChI is InChI=1S/C21H23F3O/c1-3-25-19-11-10-17(20(23)21(19)24)15-8-6-14(7-9-15)16-5-4-13(2)18(22)12-16/h4-5,10-12,14-15H,3,6-9H2,1-2H3. The van der Waals surface area contributed by atoms with Crippen LogP contribution in [0.1, 0.15) is 61.1 Å². The maximum Gasteiger partial charge on any atom is 0.200 e. The molecule has 0 unspecified atom stereocenters. The van der Waals surface area contributed by atoms with Gasteiger partial charge in [-0.25, -0.2) is 8.78 Å². The van der Waals surface area contributed by atoms with Crippen LogP contribution in [0.4, 0.5) is 13.2 Å². The van der Waals surface area contributed by atoms with E-state index < -0.39 is 11.6 Å². The summed E-state index contributed by atoms with van der Waals surface area (Å²) in [6.45, 7) is 3.79. The van der Waals surface area contributed by atoms with Gasteiger partial charge in [0.1, 0.15) is 5.82 Å². The summed E-state index contributed by atoms with van der Waals surface area (Å²) < 4.78 is 47.3. The van der Waals surface area contributed by atoms with Gasteiger partial charge in [-0.2, -0.15) is 4.39 Å². The Hall–Kier alpha value is -1.97. The topological polar surface area (TPSA) is 9.23 Å². The van der Waals surface area contributed by atoms with Gasteiger partial charge >= 0.3 is 0 Å². The van der Waals surface area contributed by atoms with Gasteiger partial charge in [0.15, 0.2) is 11.6 Å². The van der Waals surface area contributed by atoms with Crippen LogP contribution in [-0.4, -0.2) is 6.61 Å². The van der Waals surface area contributed by atoms with E-state index in [2.05, 4.69) is 0 Å². The van der Waals surface area contributed by atoms with Gasteiger partial charge in [0.25, 0.3) is 0 Å². The number of benzene rings is 2. The van der Waals surface area contributed by atoms with Gasteiger partial charge in [-0.3, -0.25) is 0 Å². The van der Waals surface area contributed by atoms with Gasteiger partial charge in [-0.1, -0.05) is 18.2 Å². The summed E-state index contributed by atoms with van der Waals surface area (Å²) in [5.41, 5.74) is 2.07. The SMILES string of the molecule is CCOc1ccc(C2CCC(c3ccc(C)c(F)c3)CC2)c(F)c1F. The average molecular weight is 348 g/mol. The second-order valence-electron chi connectivity index (χ2n) is 6.77. The number of rotatable bonds is 4. The van der Waals surface area contributed by atoms with Gasteiger partial charge in [0, 0.05) is 0 Å². The lowest BCUT2D eigenvalue weighted by Gasteiger charge is -2.29. The number of hydrogen-bond acceptors (Lipinski definition) is 1. The fourth-order valence-corrected chi connectivity index (χ4v) is 3.73. The molecule has 0 amide bonds. The molecule has 3 rings (SSSR count). The van der Waals surface area contributed by atoms with Crippen molar-refractivity contribution in [3.63, 3.8) is 0 Å². The Morgan fingerprint density at radius 1 is 0.920 bits per heavy atom. The lowest BCUT2D eigenvalue weighted by Crippen LogP contribution is -2.14. The number of ether oxygens (including phenoxy) is 1. The molecule has 0 bridgehead atoms. The van der Waals surface area contributed by atoms with Gasteiger partial charge in [-0.15, -0.1) is 0 Å². The van der Waals surface area contributed by atoms with Crippen molar-refractivity contribution in [1.82, 2.24) is 0 Å². The summed E-state index contributed by atoms with van der Waals surface area (Å²) in [6, 6.07) is 8.54. The van der Waals surface area contributed by atoms with Crippen LogP contribution in [0.2, 0.25) is 0 Å². The van der Waals surface area contributed by atoms with Gasteiger partial charge in [0.2, 0.25) is 5.82 Å². The van der Waals surface area contributed by atoms with E-state index in [1.54, 1.807) is 32.0 Å². The van der Waals surface area contributed by atoms with Crippen LogP contribution < -0.4 is 4.74 Å². The first-order chi connectivity index (χ1) is 12.0. The summed E-state index contributed by atoms with van der Waals surface area (Å²) >= 11 is 0. The van der Waals surface area contributed by atoms with Crippen LogP contribution in [-0.2, 0) is 0 Å². The fraction of sp³-hybridized carbons (Fsp3) is 0.429. The fourth-order valence-electron chi connectivity index (χ4n) is 3.73. The first kappa shape index (κ1) is 17.8. The smallest absolute Gasteiger partial charge is 0.200 e. The zero-order valence-electron chi connectivity index (χ0n) is 14.6. The van der Waals surface area contributed by atoms with Crippen LogP contribution in [0.25, 0.3) is 0 Å². The molecule has 0 saturated heterocycles. The Labute approximate surface area is 146 Å². The zero-order chi connectivity index (χ0) is 18.0. The molecule has 1 fully saturated rings. The molecule has 0 heterocycles. The van der Waals surface area contributed by atoms with Crippen LogP contribution in [0.5, 0.6) is 5.75 Å². The van der Waals surface area contributed by atoms with Gasteiger partial charge < -0.3 is 4.74 Å². The van der Waals surface area contributed by atoms with E-state index >= 15 is 0 Å². The van der Waals surface area contributed by atoms with Gasteiger partial charge in [0.05, 0.1) is 6.61 Å². The third-order valence-electron chi connectivity index (χ3n) is 5.21. The van der Waals surface area contributed by atoms with E-state index in [0.717, 1.165) is 31.2 Å². The predicted octanol–water partition coefficient (Wildman–Crippen LogP) is 6.25. The average Bonchev–Trinajstić information content (AvgIpc) is 2.62. The zero-order valence-corrected chi connectivity index (χ0v) is 14.6. The number of halogens is 3. The first-order valence-corrected chi connectivity index (χ1v) is 8.88. The van der Waals surface area contributed by atoms with E-state index in [4.69, 9.17) is 4.74 Å². The molecular formula is C21H23F3O. The molecule has 0 atom stereocenters. The summed E-state index contributed by atoms with van der Waals surface area (Å²) in [5, 5.41) is 0. The van der Waals surface area contributed by atoms with Crippen molar-refractivity contribution in [3.8, 4) is 5.75 Å². The molecule has 25 heavy (non-hydrogen) atoms. The third kappa shape index (κ3) is 3.68. The van der Waals surface area contributed by atoms with Crippen molar-refractivity contribution in [2.45, 2.75) is 51.4 Å². The molecule has 0 aromatic heterocycles. The molecule has 0 radical (unpaired) electrons. The van der Waals surface area contributed by atoms with Crippen molar-refractivity contribution < 1.29 is 17.9 Å². The Kier molecular flexibility index (Phi) is 5.36. The molecular weight excluding hydrogens is 325 g/mol. The Bertz CT molecular complexity index is 749. The lowest BCUT2D eigenvalue weighted by atomic mass is 9.76. The number of hydrogen-bond donors (Lipinski definition) is 0. The Balaban J connectivity index is 1.72. The van der Waals surface area contributed by atoms with Crippen molar-refractivity contribution in [2.75, 3.05) is 6.61 Å². The van der Waals surface area contributed by atoms with Crippen molar-refractivity contribution in [1.29, 1.82) is 0 Å². The molecule has 2 aromatic rings. The Morgan fingerprint density at radius 2 is 1.60 bits per heavy atom. The molecule has 2 aromatic carbocycles. The largest absolute Gasteiger partial charge is 0.491 e. The second-order valence-corrected chi connectivity index (χ2v) is 6.77. The van der Waals surface area contributed by atoms with E-state index in [9.17, 15) is 13.2 Å². The first-order valence-electron chi connectivity index (χ1n) is 8.88. The Morgan fingerprint density at radius 3 is 2.24 bits per heavy atom. The van der Waals surface area contributed by atoms with E-state index in [-0.39, 0.29) is 23.4 Å². The van der Waals surface area contributed by atoms with Crippen LogP contribution in [0.15, 0.2) is 30.3 Å². The van der Waals surface area contributed by atoms with Crippen LogP contribution >= 0.6 is 0 Å². The summed E-state index contributed by atoms with van der Waals surface area (Å²) in [5.74, 6) is -1.64. The highest BCUT2D eigenvalue weighted by molar-refractivity contribution is 5.34. The minimum absolute atomic E-state index is 0.00304. The highest BCUT2D eigenvalue weighted by Crippen LogP contribution is 2.42. The van der Waals surface area contributed by atoms with E-state index in [1.165, 1.54) is 6.07 Å². The molecule has 0 spiro atoms. The van der Waals surface area contributed by atoms with E-state index in [1.807, 2.05) is 6.07 Å². The maximum atomic E-state index is 14.4. The molecule has 0 aliphatic heterocycles. The number of aryl methyl sites for hydroxylation is 1. The third-order valence-corrected chi connectivity index (χ3v) is 5.21. The quantitative estimate of drug-likeness (QED) is 0.634. The molecule has 1 aliphatic rings. The van der Waals surface area contributed by atoms with Crippen molar-refractivity contribution in [2.24, 2.45) is 0 Å². The molecule has 1 nitrogen and oxygen atoms in total. The molecule has 134 valence electrons. The van der Waals surface area contributed by atoms with Crippen LogP contribution in [0, 0.1) is 24.4 Å². The summed E-state index contributed by atoms with van der Waals surface area (Å²) in [4.78, 5) is 0. The van der Waals surface area contributed by atoms with Gasteiger partial charge in [-0.05, 0) is 80.2 Å². The monoisotopic (exact) mass is 348 g/mol. The molecule has 1 aliphatic carbocycles. The highest BCUT2D eigenvalue weighted by Gasteiger charge is 2.27. The highest BCUT2D eigenvalue weighted by atomic mass is 19.2. The van der Waals surface area contributed by atoms with E-state index in [0.29, 0.717) is 17.7 Å². The predicted molar refractivity (Wildman–Crippen MR) is 92.6 cm³/mol. The van der Waals surface area contributed by atoms with Crippen LogP contribution in [0.3, 0.4) is 0 Å². The molecule has 0 N–H and O–H groups in total. The summed E-state index contributed by atoms with van der Waals surface area (Å²) in [6.07, 6.45) is 3.23. The maximum absolute atomic E-state index is 14.4. The lowest BCUT2D eigenvalue weighted by molar-refractivity contribution is 0.310. The second kappa shape index (κ2) is 7.51. The minimum atomic E-state index is -0.901. The molecule has 4 heteroatoms. The molecule has 1 saturated carbocycles.